The molecule has 0 aliphatic carbocycles. The number of halogens is 1. The van der Waals surface area contributed by atoms with Crippen LogP contribution in [0.4, 0.5) is 0 Å². The van der Waals surface area contributed by atoms with Crippen LogP contribution in [0.2, 0.25) is 0 Å². The first-order valence-electron chi connectivity index (χ1n) is 5.09. The van der Waals surface area contributed by atoms with Gasteiger partial charge in [0.2, 0.25) is 0 Å². The van der Waals surface area contributed by atoms with Gasteiger partial charge in [-0.05, 0) is 30.7 Å². The van der Waals surface area contributed by atoms with Crippen molar-refractivity contribution in [2.45, 2.75) is 41.0 Å². The smallest absolute Gasteiger partial charge is 0.0198 e. The van der Waals surface area contributed by atoms with Gasteiger partial charge in [0.15, 0.2) is 0 Å². The highest BCUT2D eigenvalue weighted by molar-refractivity contribution is 14.1. The predicted octanol–water partition coefficient (Wildman–Crippen LogP) is 3.98. The first-order chi connectivity index (χ1) is 5.72. The van der Waals surface area contributed by atoms with Crippen molar-refractivity contribution in [3.63, 3.8) is 0 Å². The molecule has 80 valence electrons. The summed E-state index contributed by atoms with van der Waals surface area (Å²) in [5.74, 6) is 1.61. The summed E-state index contributed by atoms with van der Waals surface area (Å²) in [4.78, 5) is 0. The van der Waals surface area contributed by atoms with Crippen LogP contribution in [0.15, 0.2) is 0 Å². The van der Waals surface area contributed by atoms with Crippen LogP contribution in [0.3, 0.4) is 0 Å². The second-order valence-corrected chi connectivity index (χ2v) is 7.20. The molecule has 0 heterocycles. The summed E-state index contributed by atoms with van der Waals surface area (Å²) in [5.41, 5.74) is 0.460. The summed E-state index contributed by atoms with van der Waals surface area (Å²) in [7, 11) is 2.15. The quantitative estimate of drug-likeness (QED) is 0.560. The van der Waals surface area contributed by atoms with E-state index >= 15 is 0 Å². The Morgan fingerprint density at radius 2 is 1.69 bits per heavy atom. The highest BCUT2D eigenvalue weighted by Gasteiger charge is 2.21. The van der Waals surface area contributed by atoms with Crippen LogP contribution in [0.1, 0.15) is 41.0 Å². The Kier molecular flexibility index (Phi) is 5.84. The van der Waals surface area contributed by atoms with Gasteiger partial charge in [-0.3, -0.25) is 3.11 Å². The van der Waals surface area contributed by atoms with Gasteiger partial charge in [0.05, 0.1) is 0 Å². The fourth-order valence-corrected chi connectivity index (χ4v) is 2.13. The van der Waals surface area contributed by atoms with Gasteiger partial charge >= 0.3 is 0 Å². The molecule has 0 N–H and O–H groups in total. The summed E-state index contributed by atoms with van der Waals surface area (Å²) in [6, 6.07) is 0. The number of rotatable bonds is 4. The zero-order valence-corrected chi connectivity index (χ0v) is 12.1. The monoisotopic (exact) mass is 297 g/mol. The van der Waals surface area contributed by atoms with Gasteiger partial charge in [-0.1, -0.05) is 34.6 Å². The lowest BCUT2D eigenvalue weighted by Gasteiger charge is -2.30. The van der Waals surface area contributed by atoms with Crippen LogP contribution in [-0.2, 0) is 0 Å². The molecule has 1 atom stereocenters. The van der Waals surface area contributed by atoms with Crippen molar-refractivity contribution < 1.29 is 0 Å². The minimum atomic E-state index is 0.460. The zero-order chi connectivity index (χ0) is 10.6. The topological polar surface area (TPSA) is 3.24 Å². The lowest BCUT2D eigenvalue weighted by molar-refractivity contribution is 0.223. The van der Waals surface area contributed by atoms with E-state index in [2.05, 4.69) is 67.6 Å². The molecule has 0 bridgehead atoms. The van der Waals surface area contributed by atoms with E-state index < -0.39 is 0 Å². The molecule has 0 aliphatic rings. The first kappa shape index (κ1) is 13.7. The van der Waals surface area contributed by atoms with E-state index in [1.807, 2.05) is 0 Å². The van der Waals surface area contributed by atoms with E-state index in [0.717, 1.165) is 11.8 Å². The second kappa shape index (κ2) is 5.54. The molecule has 1 unspecified atom stereocenters. The molecular formula is C11H24IN. The molecule has 0 amide bonds. The van der Waals surface area contributed by atoms with Crippen molar-refractivity contribution in [3.8, 4) is 0 Å². The van der Waals surface area contributed by atoms with E-state index in [1.54, 1.807) is 0 Å². The Morgan fingerprint density at radius 3 is 1.92 bits per heavy atom. The van der Waals surface area contributed by atoms with Crippen molar-refractivity contribution in [1.29, 1.82) is 0 Å². The third-order valence-corrected chi connectivity index (χ3v) is 2.70. The summed E-state index contributed by atoms with van der Waals surface area (Å²) < 4.78 is 2.27. The SMILES string of the molecule is CC(C)C(CN(C)I)CC(C)(C)C. The van der Waals surface area contributed by atoms with Gasteiger partial charge in [-0.2, -0.15) is 0 Å². The van der Waals surface area contributed by atoms with E-state index in [0.29, 0.717) is 5.41 Å². The van der Waals surface area contributed by atoms with Crippen molar-refractivity contribution >= 4 is 22.9 Å². The van der Waals surface area contributed by atoms with Gasteiger partial charge in [0.1, 0.15) is 0 Å². The van der Waals surface area contributed by atoms with Crippen LogP contribution in [0.25, 0.3) is 0 Å². The van der Waals surface area contributed by atoms with Gasteiger partial charge in [0, 0.05) is 29.4 Å². The van der Waals surface area contributed by atoms with E-state index in [-0.39, 0.29) is 0 Å². The highest BCUT2D eigenvalue weighted by atomic mass is 127. The Balaban J connectivity index is 4.11. The Hall–Kier alpha value is 0.690. The van der Waals surface area contributed by atoms with Crippen LogP contribution in [0.5, 0.6) is 0 Å². The number of hydrogen-bond donors (Lipinski definition) is 0. The molecule has 0 saturated heterocycles. The Bertz CT molecular complexity index is 136. The maximum atomic E-state index is 2.38. The average molecular weight is 297 g/mol. The van der Waals surface area contributed by atoms with Crippen LogP contribution >= 0.6 is 22.9 Å². The molecule has 0 aliphatic heterocycles. The van der Waals surface area contributed by atoms with Crippen molar-refractivity contribution in [2.75, 3.05) is 13.6 Å². The summed E-state index contributed by atoms with van der Waals surface area (Å²) in [6.07, 6.45) is 1.32. The normalized spacial score (nSPS) is 15.5. The number of hydrogen-bond acceptors (Lipinski definition) is 1. The molecule has 0 radical (unpaired) electrons. The van der Waals surface area contributed by atoms with Crippen molar-refractivity contribution in [3.05, 3.63) is 0 Å². The predicted molar refractivity (Wildman–Crippen MR) is 69.1 cm³/mol. The van der Waals surface area contributed by atoms with Gasteiger partial charge < -0.3 is 0 Å². The summed E-state index contributed by atoms with van der Waals surface area (Å²) >= 11 is 2.38. The van der Waals surface area contributed by atoms with Gasteiger partial charge in [0.25, 0.3) is 0 Å². The lowest BCUT2D eigenvalue weighted by atomic mass is 9.80. The fourth-order valence-electron chi connectivity index (χ4n) is 1.62. The summed E-state index contributed by atoms with van der Waals surface area (Å²) in [5, 5.41) is 0. The molecule has 2 heteroatoms. The molecule has 0 spiro atoms. The third kappa shape index (κ3) is 7.74. The van der Waals surface area contributed by atoms with Crippen LogP contribution in [0, 0.1) is 17.3 Å². The second-order valence-electron chi connectivity index (χ2n) is 5.56. The number of nitrogens with zero attached hydrogens (tertiary/aromatic N) is 1. The molecular weight excluding hydrogens is 273 g/mol. The summed E-state index contributed by atoms with van der Waals surface area (Å²) in [6.45, 7) is 12.9. The van der Waals surface area contributed by atoms with Crippen LogP contribution in [-0.4, -0.2) is 16.7 Å². The Morgan fingerprint density at radius 1 is 1.23 bits per heavy atom. The standard InChI is InChI=1S/C11H24IN/c1-9(2)10(8-13(6)12)7-11(3,4)5/h9-10H,7-8H2,1-6H3. The zero-order valence-electron chi connectivity index (χ0n) is 9.89. The van der Waals surface area contributed by atoms with Gasteiger partial charge in [-0.25, -0.2) is 0 Å². The first-order valence-corrected chi connectivity index (χ1v) is 6.06. The van der Waals surface area contributed by atoms with E-state index in [1.165, 1.54) is 13.0 Å². The van der Waals surface area contributed by atoms with Crippen LogP contribution < -0.4 is 0 Å². The minimum Gasteiger partial charge on any atom is -0.250 e. The maximum Gasteiger partial charge on any atom is 0.0198 e. The molecule has 0 aromatic heterocycles. The average Bonchev–Trinajstić information content (AvgIpc) is 1.81. The Labute approximate surface area is 97.8 Å². The highest BCUT2D eigenvalue weighted by Crippen LogP contribution is 2.29. The lowest BCUT2D eigenvalue weighted by Crippen LogP contribution is -2.26. The maximum absolute atomic E-state index is 2.38. The molecule has 0 aromatic carbocycles. The molecule has 13 heavy (non-hydrogen) atoms. The fraction of sp³-hybridized carbons (Fsp3) is 1.00. The molecule has 1 nitrogen and oxygen atoms in total. The molecule has 0 aromatic rings. The largest absolute Gasteiger partial charge is 0.250 e. The molecule has 0 saturated carbocycles. The molecule has 0 fully saturated rings. The van der Waals surface area contributed by atoms with E-state index in [9.17, 15) is 0 Å². The van der Waals surface area contributed by atoms with Gasteiger partial charge in [-0.15, -0.1) is 0 Å². The van der Waals surface area contributed by atoms with E-state index in [4.69, 9.17) is 0 Å². The molecule has 0 rings (SSSR count). The van der Waals surface area contributed by atoms with Crippen molar-refractivity contribution in [1.82, 2.24) is 3.11 Å². The third-order valence-electron chi connectivity index (χ3n) is 2.30. The minimum absolute atomic E-state index is 0.460. The van der Waals surface area contributed by atoms with Crippen molar-refractivity contribution in [2.24, 2.45) is 17.3 Å².